The molecule has 1 spiro atoms. The lowest BCUT2D eigenvalue weighted by Gasteiger charge is -2.60. The van der Waals surface area contributed by atoms with Crippen LogP contribution in [0.2, 0.25) is 0 Å². The summed E-state index contributed by atoms with van der Waals surface area (Å²) in [7, 11) is 0. The van der Waals surface area contributed by atoms with Gasteiger partial charge in [0.05, 0.1) is 0 Å². The number of hydrogen-bond acceptors (Lipinski definition) is 5. The molecule has 0 radical (unpaired) electrons. The number of carbonyl (C=O) groups excluding carboxylic acids is 1. The summed E-state index contributed by atoms with van der Waals surface area (Å²) < 4.78 is 6.50. The van der Waals surface area contributed by atoms with Crippen LogP contribution in [-0.4, -0.2) is 34.2 Å². The van der Waals surface area contributed by atoms with Crippen LogP contribution in [0.1, 0.15) is 78.6 Å². The third-order valence-electron chi connectivity index (χ3n) is 7.92. The van der Waals surface area contributed by atoms with Crippen LogP contribution in [-0.2, 0) is 19.3 Å². The molecule has 6 rings (SSSR count). The summed E-state index contributed by atoms with van der Waals surface area (Å²) in [6, 6.07) is 0. The zero-order valence-electron chi connectivity index (χ0n) is 16.8. The molecule has 4 saturated heterocycles. The monoisotopic (exact) mass is 376 g/mol. The minimum Gasteiger partial charge on any atom is -0.319 e. The van der Waals surface area contributed by atoms with E-state index in [1.54, 1.807) is 5.01 Å². The Morgan fingerprint density at radius 3 is 2.59 bits per heavy atom. The molecule has 6 fully saturated rings. The Balaban J connectivity index is 1.61. The summed E-state index contributed by atoms with van der Waals surface area (Å²) in [5.41, 5.74) is 0.534. The lowest BCUT2D eigenvalue weighted by atomic mass is 9.57. The van der Waals surface area contributed by atoms with E-state index >= 15 is 0 Å². The Labute approximate surface area is 161 Å². The van der Waals surface area contributed by atoms with Crippen LogP contribution in [0.5, 0.6) is 0 Å². The second-order valence-electron chi connectivity index (χ2n) is 9.63. The van der Waals surface area contributed by atoms with Crippen LogP contribution < -0.4 is 0 Å². The lowest BCUT2D eigenvalue weighted by Crippen LogP contribution is -2.74. The second kappa shape index (κ2) is 6.26. The maximum absolute atomic E-state index is 13.4. The molecule has 2 saturated carbocycles. The Kier molecular flexibility index (Phi) is 4.19. The van der Waals surface area contributed by atoms with Crippen molar-refractivity contribution in [2.45, 2.75) is 96.2 Å². The summed E-state index contributed by atoms with van der Waals surface area (Å²) in [5.74, 6) is 0.141. The summed E-state index contributed by atoms with van der Waals surface area (Å²) >= 11 is 0. The Hall–Kier alpha value is -0.980. The van der Waals surface area contributed by atoms with Gasteiger partial charge in [-0.15, -0.1) is 0 Å². The van der Waals surface area contributed by atoms with Crippen molar-refractivity contribution >= 4 is 11.6 Å². The van der Waals surface area contributed by atoms with Gasteiger partial charge in [0.2, 0.25) is 11.7 Å². The molecule has 0 unspecified atom stereocenters. The molecule has 6 nitrogen and oxygen atoms in total. The van der Waals surface area contributed by atoms with E-state index in [0.717, 1.165) is 57.1 Å². The zero-order valence-corrected chi connectivity index (χ0v) is 16.8. The van der Waals surface area contributed by atoms with Crippen LogP contribution >= 0.6 is 0 Å². The van der Waals surface area contributed by atoms with Crippen molar-refractivity contribution in [3.63, 3.8) is 0 Å². The number of hydrazone groups is 1. The van der Waals surface area contributed by atoms with Gasteiger partial charge in [-0.05, 0) is 63.7 Å². The average Bonchev–Trinajstić information content (AvgIpc) is 2.91. The van der Waals surface area contributed by atoms with Crippen LogP contribution in [0.15, 0.2) is 5.10 Å². The fourth-order valence-electron chi connectivity index (χ4n) is 6.35. The minimum atomic E-state index is -0.802. The van der Waals surface area contributed by atoms with Crippen LogP contribution in [0.3, 0.4) is 0 Å². The molecule has 0 aromatic rings. The van der Waals surface area contributed by atoms with Gasteiger partial charge < -0.3 is 4.74 Å². The van der Waals surface area contributed by atoms with Gasteiger partial charge in [-0.1, -0.05) is 20.3 Å². The van der Waals surface area contributed by atoms with Gasteiger partial charge in [0.25, 0.3) is 0 Å². The first kappa shape index (κ1) is 18.1. The van der Waals surface area contributed by atoms with Gasteiger partial charge >= 0.3 is 0 Å². The van der Waals surface area contributed by atoms with E-state index in [-0.39, 0.29) is 17.7 Å². The topological polar surface area (TPSA) is 60.4 Å². The fraction of sp³-hybridized carbons (Fsp3) is 0.905. The SMILES string of the molecule is C[C@@H]1CC[C@H]2[C@@H](C)C(=O)N(N=C3CCCCC3)[C@@H]3O[C@@]4(C)CC[C@@H]1[C@@]23OO4. The van der Waals surface area contributed by atoms with E-state index in [1.807, 2.05) is 13.8 Å². The molecule has 4 aliphatic heterocycles. The maximum atomic E-state index is 13.4. The predicted molar refractivity (Wildman–Crippen MR) is 99.3 cm³/mol. The maximum Gasteiger partial charge on any atom is 0.248 e. The van der Waals surface area contributed by atoms with Crippen LogP contribution in [0, 0.1) is 23.7 Å². The molecular formula is C21H32N2O4. The molecule has 0 aromatic carbocycles. The first-order valence-corrected chi connectivity index (χ1v) is 10.9. The van der Waals surface area contributed by atoms with Gasteiger partial charge in [-0.25, -0.2) is 14.8 Å². The number of hydrogen-bond donors (Lipinski definition) is 0. The highest BCUT2D eigenvalue weighted by Crippen LogP contribution is 2.60. The summed E-state index contributed by atoms with van der Waals surface area (Å²) in [4.78, 5) is 25.5. The molecule has 2 aliphatic carbocycles. The number of ether oxygens (including phenoxy) is 1. The van der Waals surface area contributed by atoms with Crippen molar-refractivity contribution < 1.29 is 19.3 Å². The fourth-order valence-corrected chi connectivity index (χ4v) is 6.35. The normalized spacial score (nSPS) is 49.6. The summed E-state index contributed by atoms with van der Waals surface area (Å²) in [6.45, 7) is 6.29. The van der Waals surface area contributed by atoms with Gasteiger partial charge in [-0.2, -0.15) is 5.10 Å². The Morgan fingerprint density at radius 2 is 1.81 bits per heavy atom. The molecule has 7 atom stereocenters. The Morgan fingerprint density at radius 1 is 1.04 bits per heavy atom. The molecule has 27 heavy (non-hydrogen) atoms. The molecule has 2 bridgehead atoms. The zero-order chi connectivity index (χ0) is 18.8. The smallest absolute Gasteiger partial charge is 0.248 e. The molecule has 6 heteroatoms. The molecule has 150 valence electrons. The quantitative estimate of drug-likeness (QED) is 0.649. The molecular weight excluding hydrogens is 344 g/mol. The largest absolute Gasteiger partial charge is 0.319 e. The van der Waals surface area contributed by atoms with E-state index in [1.165, 1.54) is 6.42 Å². The van der Waals surface area contributed by atoms with E-state index in [4.69, 9.17) is 19.6 Å². The standard InChI is InChI=1S/C21H32N2O4/c1-13-9-10-17-14(2)18(24)23(22-15-7-5-4-6-8-15)19-21(17)16(13)11-12-20(3,25-19)26-27-21/h13-14,16-17,19H,4-12H2,1-3H3/t13-,14-,16+,17+,19-,20-,21-/m1/s1. The van der Waals surface area contributed by atoms with E-state index < -0.39 is 17.6 Å². The number of fused-ring (bicyclic) bond motifs is 2. The van der Waals surface area contributed by atoms with Crippen molar-refractivity contribution in [1.82, 2.24) is 5.01 Å². The highest BCUT2D eigenvalue weighted by Gasteiger charge is 2.71. The minimum absolute atomic E-state index is 0.0850. The molecule has 4 heterocycles. The highest BCUT2D eigenvalue weighted by molar-refractivity contribution is 5.88. The molecule has 0 N–H and O–H groups in total. The number of piperidine rings is 1. The average molecular weight is 376 g/mol. The highest BCUT2D eigenvalue weighted by atomic mass is 17.3. The number of amides is 1. The molecule has 6 aliphatic rings. The third kappa shape index (κ3) is 2.56. The van der Waals surface area contributed by atoms with E-state index in [9.17, 15) is 4.79 Å². The summed E-state index contributed by atoms with van der Waals surface area (Å²) in [6.07, 6.45) is 8.98. The first-order chi connectivity index (χ1) is 12.9. The Bertz CT molecular complexity index is 659. The molecule has 0 aromatic heterocycles. The number of nitrogens with zero attached hydrogens (tertiary/aromatic N) is 2. The van der Waals surface area contributed by atoms with Crippen molar-refractivity contribution in [3.8, 4) is 0 Å². The lowest BCUT2D eigenvalue weighted by molar-refractivity contribution is -0.548. The second-order valence-corrected chi connectivity index (χ2v) is 9.63. The van der Waals surface area contributed by atoms with Crippen molar-refractivity contribution in [1.29, 1.82) is 0 Å². The molecule has 1 amide bonds. The summed E-state index contributed by atoms with van der Waals surface area (Å²) in [5, 5.41) is 6.55. The predicted octanol–water partition coefficient (Wildman–Crippen LogP) is 4.00. The van der Waals surface area contributed by atoms with Crippen LogP contribution in [0.25, 0.3) is 0 Å². The number of carbonyl (C=O) groups is 1. The van der Waals surface area contributed by atoms with E-state index in [0.29, 0.717) is 11.8 Å². The van der Waals surface area contributed by atoms with Gasteiger partial charge in [0, 0.05) is 24.0 Å². The number of rotatable bonds is 1. The van der Waals surface area contributed by atoms with E-state index in [2.05, 4.69) is 6.92 Å². The van der Waals surface area contributed by atoms with Gasteiger partial charge in [0.1, 0.15) is 0 Å². The van der Waals surface area contributed by atoms with Gasteiger partial charge in [0.15, 0.2) is 11.8 Å². The van der Waals surface area contributed by atoms with Crippen molar-refractivity contribution in [2.24, 2.45) is 28.8 Å². The van der Waals surface area contributed by atoms with Crippen molar-refractivity contribution in [2.75, 3.05) is 0 Å². The van der Waals surface area contributed by atoms with Crippen LogP contribution in [0.4, 0.5) is 0 Å². The third-order valence-corrected chi connectivity index (χ3v) is 7.92. The van der Waals surface area contributed by atoms with Gasteiger partial charge in [-0.3, -0.25) is 4.79 Å². The van der Waals surface area contributed by atoms with Crippen molar-refractivity contribution in [3.05, 3.63) is 0 Å². The first-order valence-electron chi connectivity index (χ1n) is 10.9.